The predicted octanol–water partition coefficient (Wildman–Crippen LogP) is 3.16. The van der Waals surface area contributed by atoms with E-state index >= 15 is 0 Å². The van der Waals surface area contributed by atoms with Crippen LogP contribution in [0, 0.1) is 6.92 Å². The molecular weight excluding hydrogens is 378 g/mol. The van der Waals surface area contributed by atoms with Crippen molar-refractivity contribution in [2.75, 3.05) is 12.3 Å². The molecule has 0 fully saturated rings. The molecule has 3 aromatic rings. The van der Waals surface area contributed by atoms with Crippen LogP contribution in [-0.2, 0) is 24.2 Å². The number of carbonyl (C=O) groups is 1. The van der Waals surface area contributed by atoms with E-state index in [0.717, 1.165) is 40.8 Å². The van der Waals surface area contributed by atoms with Crippen molar-refractivity contribution in [3.8, 4) is 0 Å². The van der Waals surface area contributed by atoms with Crippen molar-refractivity contribution in [3.05, 3.63) is 57.0 Å². The third kappa shape index (κ3) is 3.94. The fraction of sp³-hybridized carbons (Fsp3) is 0.350. The Labute approximate surface area is 165 Å². The highest BCUT2D eigenvalue weighted by Gasteiger charge is 2.21. The Balaban J connectivity index is 1.35. The van der Waals surface area contributed by atoms with E-state index in [9.17, 15) is 9.59 Å². The van der Waals surface area contributed by atoms with Crippen LogP contribution in [0.5, 0.6) is 0 Å². The van der Waals surface area contributed by atoms with E-state index < -0.39 is 0 Å². The summed E-state index contributed by atoms with van der Waals surface area (Å²) in [6.07, 6.45) is 4.58. The SMILES string of the molecule is Cc1ccc(SCCNC(=O)Cn2cnc3sc4c(c3c2=O)CCC4)cc1. The van der Waals surface area contributed by atoms with Crippen LogP contribution in [-0.4, -0.2) is 27.8 Å². The Morgan fingerprint density at radius 3 is 2.93 bits per heavy atom. The second-order valence-corrected chi connectivity index (χ2v) is 8.98. The minimum atomic E-state index is -0.158. The smallest absolute Gasteiger partial charge is 0.262 e. The zero-order chi connectivity index (χ0) is 18.8. The molecule has 2 aromatic heterocycles. The Morgan fingerprint density at radius 1 is 1.30 bits per heavy atom. The summed E-state index contributed by atoms with van der Waals surface area (Å²) >= 11 is 3.32. The van der Waals surface area contributed by atoms with Crippen molar-refractivity contribution in [3.63, 3.8) is 0 Å². The van der Waals surface area contributed by atoms with Gasteiger partial charge in [-0.2, -0.15) is 0 Å². The Morgan fingerprint density at radius 2 is 2.11 bits per heavy atom. The summed E-state index contributed by atoms with van der Waals surface area (Å²) in [5.74, 6) is 0.633. The number of aryl methyl sites for hydroxylation is 3. The van der Waals surface area contributed by atoms with Crippen LogP contribution in [0.2, 0.25) is 0 Å². The van der Waals surface area contributed by atoms with Gasteiger partial charge in [-0.15, -0.1) is 23.1 Å². The number of hydrogen-bond acceptors (Lipinski definition) is 5. The van der Waals surface area contributed by atoms with Crippen LogP contribution < -0.4 is 10.9 Å². The third-order valence-corrected chi connectivity index (χ3v) is 6.93. The summed E-state index contributed by atoms with van der Waals surface area (Å²) in [5.41, 5.74) is 2.29. The molecule has 1 aromatic carbocycles. The molecule has 0 unspecified atom stereocenters. The number of benzene rings is 1. The molecule has 27 heavy (non-hydrogen) atoms. The summed E-state index contributed by atoms with van der Waals surface area (Å²) < 4.78 is 1.43. The second-order valence-electron chi connectivity index (χ2n) is 6.73. The minimum absolute atomic E-state index is 0.0155. The van der Waals surface area contributed by atoms with Crippen LogP contribution in [0.1, 0.15) is 22.4 Å². The molecule has 140 valence electrons. The Kier molecular flexibility index (Phi) is 5.31. The number of carbonyl (C=O) groups excluding carboxylic acids is 1. The lowest BCUT2D eigenvalue weighted by molar-refractivity contribution is -0.121. The fourth-order valence-electron chi connectivity index (χ4n) is 3.34. The number of amides is 1. The van der Waals surface area contributed by atoms with Gasteiger partial charge in [0.1, 0.15) is 11.4 Å². The summed E-state index contributed by atoms with van der Waals surface area (Å²) in [6.45, 7) is 2.64. The quantitative estimate of drug-likeness (QED) is 0.511. The lowest BCUT2D eigenvalue weighted by Crippen LogP contribution is -2.33. The summed E-state index contributed by atoms with van der Waals surface area (Å²) in [6, 6.07) is 8.33. The molecule has 0 atom stereocenters. The van der Waals surface area contributed by atoms with E-state index in [0.29, 0.717) is 6.54 Å². The van der Waals surface area contributed by atoms with Gasteiger partial charge in [0.25, 0.3) is 5.56 Å². The van der Waals surface area contributed by atoms with Gasteiger partial charge in [-0.3, -0.25) is 14.2 Å². The topological polar surface area (TPSA) is 64.0 Å². The highest BCUT2D eigenvalue weighted by Crippen LogP contribution is 2.34. The van der Waals surface area contributed by atoms with Gasteiger partial charge < -0.3 is 5.32 Å². The van der Waals surface area contributed by atoms with Crippen LogP contribution in [0.15, 0.2) is 40.3 Å². The van der Waals surface area contributed by atoms with Crippen molar-refractivity contribution in [2.24, 2.45) is 0 Å². The maximum absolute atomic E-state index is 12.8. The molecular formula is C20H21N3O2S2. The van der Waals surface area contributed by atoms with Crippen molar-refractivity contribution < 1.29 is 4.79 Å². The van der Waals surface area contributed by atoms with E-state index in [1.54, 1.807) is 23.1 Å². The first-order valence-corrected chi connectivity index (χ1v) is 10.9. The molecule has 1 aliphatic rings. The predicted molar refractivity (Wildman–Crippen MR) is 111 cm³/mol. The van der Waals surface area contributed by atoms with E-state index in [-0.39, 0.29) is 18.0 Å². The van der Waals surface area contributed by atoms with Gasteiger partial charge in [-0.1, -0.05) is 17.7 Å². The molecule has 1 amide bonds. The van der Waals surface area contributed by atoms with E-state index in [1.807, 2.05) is 0 Å². The van der Waals surface area contributed by atoms with Gasteiger partial charge in [-0.25, -0.2) is 4.98 Å². The summed E-state index contributed by atoms with van der Waals surface area (Å²) in [7, 11) is 0. The molecule has 4 rings (SSSR count). The molecule has 1 aliphatic carbocycles. The maximum Gasteiger partial charge on any atom is 0.262 e. The minimum Gasteiger partial charge on any atom is -0.354 e. The Hall–Kier alpha value is -2.12. The van der Waals surface area contributed by atoms with Crippen LogP contribution >= 0.6 is 23.1 Å². The molecule has 2 heterocycles. The number of thioether (sulfide) groups is 1. The molecule has 0 spiro atoms. The molecule has 0 saturated carbocycles. The fourth-order valence-corrected chi connectivity index (χ4v) is 5.32. The zero-order valence-corrected chi connectivity index (χ0v) is 16.8. The van der Waals surface area contributed by atoms with Crippen LogP contribution in [0.25, 0.3) is 10.2 Å². The number of aromatic nitrogens is 2. The standard InChI is InChI=1S/C20H21N3O2S2/c1-13-5-7-14(8-6-13)26-10-9-21-17(24)11-23-12-22-19-18(20(23)25)15-3-2-4-16(15)27-19/h5-8,12H,2-4,9-11H2,1H3,(H,21,24). The average Bonchev–Trinajstić information content (AvgIpc) is 3.24. The molecule has 0 bridgehead atoms. The largest absolute Gasteiger partial charge is 0.354 e. The zero-order valence-electron chi connectivity index (χ0n) is 15.2. The number of hydrogen-bond donors (Lipinski definition) is 1. The molecule has 0 aliphatic heterocycles. The number of fused-ring (bicyclic) bond motifs is 3. The highest BCUT2D eigenvalue weighted by atomic mass is 32.2. The molecule has 1 N–H and O–H groups in total. The Bertz CT molecular complexity index is 1040. The lowest BCUT2D eigenvalue weighted by Gasteiger charge is -2.08. The third-order valence-electron chi connectivity index (χ3n) is 4.72. The summed E-state index contributed by atoms with van der Waals surface area (Å²) in [4.78, 5) is 32.7. The monoisotopic (exact) mass is 399 g/mol. The van der Waals surface area contributed by atoms with Crippen molar-refractivity contribution in [2.45, 2.75) is 37.6 Å². The highest BCUT2D eigenvalue weighted by molar-refractivity contribution is 7.99. The first kappa shape index (κ1) is 18.3. The van der Waals surface area contributed by atoms with Crippen molar-refractivity contribution >= 4 is 39.2 Å². The summed E-state index contributed by atoms with van der Waals surface area (Å²) in [5, 5.41) is 3.61. The van der Waals surface area contributed by atoms with Gasteiger partial charge in [-0.05, 0) is 43.9 Å². The first-order valence-electron chi connectivity index (χ1n) is 9.07. The number of nitrogens with zero attached hydrogens (tertiary/aromatic N) is 2. The van der Waals surface area contributed by atoms with E-state index in [4.69, 9.17) is 0 Å². The van der Waals surface area contributed by atoms with Gasteiger partial charge in [0.15, 0.2) is 0 Å². The normalized spacial score (nSPS) is 13.1. The van der Waals surface area contributed by atoms with Crippen LogP contribution in [0.3, 0.4) is 0 Å². The molecule has 7 heteroatoms. The second kappa shape index (κ2) is 7.86. The van der Waals surface area contributed by atoms with E-state index in [1.165, 1.54) is 26.2 Å². The van der Waals surface area contributed by atoms with Crippen molar-refractivity contribution in [1.29, 1.82) is 0 Å². The maximum atomic E-state index is 12.8. The average molecular weight is 400 g/mol. The van der Waals surface area contributed by atoms with Crippen LogP contribution in [0.4, 0.5) is 0 Å². The van der Waals surface area contributed by atoms with E-state index in [2.05, 4.69) is 41.5 Å². The molecule has 0 radical (unpaired) electrons. The molecule has 0 saturated heterocycles. The van der Waals surface area contributed by atoms with Gasteiger partial charge >= 0.3 is 0 Å². The van der Waals surface area contributed by atoms with Gasteiger partial charge in [0.2, 0.25) is 5.91 Å². The number of nitrogens with one attached hydrogen (secondary N) is 1. The van der Waals surface area contributed by atoms with Crippen molar-refractivity contribution in [1.82, 2.24) is 14.9 Å². The number of thiophene rings is 1. The number of rotatable bonds is 6. The molecule has 5 nitrogen and oxygen atoms in total. The lowest BCUT2D eigenvalue weighted by atomic mass is 10.2. The van der Waals surface area contributed by atoms with Gasteiger partial charge in [0.05, 0.1) is 11.7 Å². The van der Waals surface area contributed by atoms with Gasteiger partial charge in [0, 0.05) is 22.1 Å². The first-order chi connectivity index (χ1) is 13.1.